The Labute approximate surface area is 107 Å². The number of hydrogen-bond donors (Lipinski definition) is 4. The Kier molecular flexibility index (Phi) is 4.72. The Morgan fingerprint density at radius 3 is 2.22 bits per heavy atom. The fourth-order valence-corrected chi connectivity index (χ4v) is 2.25. The van der Waals surface area contributed by atoms with E-state index < -0.39 is 30.5 Å². The number of hydrogen-bond acceptors (Lipinski definition) is 5. The van der Waals surface area contributed by atoms with Crippen molar-refractivity contribution in [3.05, 3.63) is 0 Å². The maximum Gasteiger partial charge on any atom is 0.217 e. The van der Waals surface area contributed by atoms with Gasteiger partial charge < -0.3 is 25.4 Å². The summed E-state index contributed by atoms with van der Waals surface area (Å²) < 4.78 is 5.62. The van der Waals surface area contributed by atoms with Crippen molar-refractivity contribution >= 4 is 5.91 Å². The van der Waals surface area contributed by atoms with Crippen molar-refractivity contribution in [2.75, 3.05) is 6.61 Å². The molecular formula is C12H23NO5. The molecule has 1 rings (SSSR count). The van der Waals surface area contributed by atoms with Crippen molar-refractivity contribution in [2.24, 2.45) is 5.41 Å². The molecule has 1 aliphatic rings. The van der Waals surface area contributed by atoms with Crippen LogP contribution in [0.1, 0.15) is 27.7 Å². The van der Waals surface area contributed by atoms with Crippen LogP contribution in [0.25, 0.3) is 0 Å². The van der Waals surface area contributed by atoms with Crippen molar-refractivity contribution in [3.63, 3.8) is 0 Å². The molecule has 0 radical (unpaired) electrons. The summed E-state index contributed by atoms with van der Waals surface area (Å²) in [6.07, 6.45) is -3.71. The third kappa shape index (κ3) is 3.20. The van der Waals surface area contributed by atoms with E-state index in [0.717, 1.165) is 0 Å². The second-order valence-electron chi connectivity index (χ2n) is 5.85. The zero-order chi connectivity index (χ0) is 14.1. The highest BCUT2D eigenvalue weighted by Crippen LogP contribution is 2.32. The number of ether oxygens (including phenoxy) is 1. The van der Waals surface area contributed by atoms with Gasteiger partial charge in [-0.05, 0) is 5.41 Å². The molecule has 4 N–H and O–H groups in total. The molecular weight excluding hydrogens is 238 g/mol. The highest BCUT2D eigenvalue weighted by molar-refractivity contribution is 5.73. The van der Waals surface area contributed by atoms with Crippen LogP contribution in [0.4, 0.5) is 0 Å². The van der Waals surface area contributed by atoms with Crippen LogP contribution in [0.5, 0.6) is 0 Å². The summed E-state index contributed by atoms with van der Waals surface area (Å²) in [4.78, 5) is 11.2. The molecule has 1 saturated heterocycles. The van der Waals surface area contributed by atoms with Crippen molar-refractivity contribution in [3.8, 4) is 0 Å². The number of nitrogens with one attached hydrogen (secondary N) is 1. The number of carbonyl (C=O) groups excluding carboxylic acids is 1. The van der Waals surface area contributed by atoms with Gasteiger partial charge in [0.05, 0.1) is 18.8 Å². The predicted molar refractivity (Wildman–Crippen MR) is 64.8 cm³/mol. The van der Waals surface area contributed by atoms with Crippen molar-refractivity contribution < 1.29 is 24.9 Å². The molecule has 0 aromatic carbocycles. The molecule has 0 bridgehead atoms. The zero-order valence-corrected chi connectivity index (χ0v) is 11.3. The van der Waals surface area contributed by atoms with Gasteiger partial charge in [0.25, 0.3) is 0 Å². The summed E-state index contributed by atoms with van der Waals surface area (Å²) in [6, 6.07) is -0.694. The van der Waals surface area contributed by atoms with Crippen LogP contribution in [0.2, 0.25) is 0 Å². The minimum Gasteiger partial charge on any atom is -0.394 e. The van der Waals surface area contributed by atoms with Gasteiger partial charge in [-0.25, -0.2) is 0 Å². The van der Waals surface area contributed by atoms with Gasteiger partial charge in [0, 0.05) is 6.92 Å². The summed E-state index contributed by atoms with van der Waals surface area (Å²) in [5.74, 6) is -0.299. The zero-order valence-electron chi connectivity index (χ0n) is 11.3. The van der Waals surface area contributed by atoms with Crippen molar-refractivity contribution in [1.82, 2.24) is 5.32 Å². The van der Waals surface area contributed by atoms with E-state index in [1.54, 1.807) is 0 Å². The lowest BCUT2D eigenvalue weighted by molar-refractivity contribution is -0.216. The lowest BCUT2D eigenvalue weighted by Gasteiger charge is -2.47. The minimum atomic E-state index is -1.22. The molecule has 6 nitrogen and oxygen atoms in total. The first-order valence-electron chi connectivity index (χ1n) is 6.08. The standard InChI is InChI=1S/C12H23NO5/c1-6(15)13-8-10(17)9(16)7(5-14)18-11(8)12(2,3)4/h7-11,14,16-17H,5H2,1-4H3,(H,13,15)/t7-,8-,9+,10-,11?/m1/s1. The number of rotatable bonds is 2. The predicted octanol–water partition coefficient (Wildman–Crippen LogP) is -0.981. The molecule has 5 atom stereocenters. The van der Waals surface area contributed by atoms with E-state index in [4.69, 9.17) is 9.84 Å². The number of carbonyl (C=O) groups is 1. The SMILES string of the molecule is CC(=O)N[C@H]1C(C(C)(C)C)O[C@H](CO)[C@H](O)[C@@H]1O. The summed E-state index contributed by atoms with van der Waals surface area (Å²) in [6.45, 7) is 6.69. The topological polar surface area (TPSA) is 99.0 Å². The maximum atomic E-state index is 11.2. The third-order valence-corrected chi connectivity index (χ3v) is 3.15. The first-order chi connectivity index (χ1) is 8.18. The van der Waals surface area contributed by atoms with E-state index in [9.17, 15) is 15.0 Å². The lowest BCUT2D eigenvalue weighted by atomic mass is 9.78. The van der Waals surface area contributed by atoms with Crippen molar-refractivity contribution in [1.29, 1.82) is 0 Å². The summed E-state index contributed by atoms with van der Waals surface area (Å²) in [5, 5.41) is 31.6. The molecule has 1 aliphatic heterocycles. The van der Waals surface area contributed by atoms with E-state index in [0.29, 0.717) is 0 Å². The molecule has 106 valence electrons. The van der Waals surface area contributed by atoms with Gasteiger partial charge >= 0.3 is 0 Å². The summed E-state index contributed by atoms with van der Waals surface area (Å²) in [5.41, 5.74) is -0.346. The first-order valence-corrected chi connectivity index (χ1v) is 6.08. The quantitative estimate of drug-likeness (QED) is 0.512. The van der Waals surface area contributed by atoms with Crippen LogP contribution in [-0.4, -0.2) is 58.3 Å². The monoisotopic (exact) mass is 261 g/mol. The smallest absolute Gasteiger partial charge is 0.217 e. The number of amides is 1. The summed E-state index contributed by atoms with van der Waals surface area (Å²) >= 11 is 0. The van der Waals surface area contributed by atoms with Crippen LogP contribution < -0.4 is 5.32 Å². The van der Waals surface area contributed by atoms with Crippen LogP contribution in [-0.2, 0) is 9.53 Å². The Morgan fingerprint density at radius 2 is 1.83 bits per heavy atom. The average molecular weight is 261 g/mol. The average Bonchev–Trinajstić information content (AvgIpc) is 2.23. The molecule has 1 fully saturated rings. The normalized spacial score (nSPS) is 37.4. The van der Waals surface area contributed by atoms with Gasteiger partial charge in [-0.3, -0.25) is 4.79 Å². The lowest BCUT2D eigenvalue weighted by Crippen LogP contribution is -2.66. The van der Waals surface area contributed by atoms with Gasteiger partial charge in [0.15, 0.2) is 0 Å². The fourth-order valence-electron chi connectivity index (χ4n) is 2.25. The van der Waals surface area contributed by atoms with Gasteiger partial charge in [-0.15, -0.1) is 0 Å². The molecule has 18 heavy (non-hydrogen) atoms. The number of aliphatic hydroxyl groups is 3. The van der Waals surface area contributed by atoms with Gasteiger partial charge in [-0.1, -0.05) is 20.8 Å². The third-order valence-electron chi connectivity index (χ3n) is 3.15. The molecule has 0 spiro atoms. The molecule has 6 heteroatoms. The maximum absolute atomic E-state index is 11.2. The molecule has 1 heterocycles. The molecule has 0 aromatic heterocycles. The largest absolute Gasteiger partial charge is 0.394 e. The van der Waals surface area contributed by atoms with Gasteiger partial charge in [0.2, 0.25) is 5.91 Å². The molecule has 0 aromatic rings. The van der Waals surface area contributed by atoms with Crippen LogP contribution in [0.3, 0.4) is 0 Å². The van der Waals surface area contributed by atoms with E-state index in [1.165, 1.54) is 6.92 Å². The van der Waals surface area contributed by atoms with Crippen LogP contribution >= 0.6 is 0 Å². The van der Waals surface area contributed by atoms with Crippen LogP contribution in [0.15, 0.2) is 0 Å². The van der Waals surface area contributed by atoms with E-state index >= 15 is 0 Å². The van der Waals surface area contributed by atoms with Gasteiger partial charge in [-0.2, -0.15) is 0 Å². The van der Waals surface area contributed by atoms with E-state index in [1.807, 2.05) is 20.8 Å². The molecule has 1 unspecified atom stereocenters. The molecule has 0 saturated carbocycles. The highest BCUT2D eigenvalue weighted by Gasteiger charge is 2.48. The Hall–Kier alpha value is -0.690. The van der Waals surface area contributed by atoms with E-state index in [2.05, 4.69) is 5.32 Å². The second kappa shape index (κ2) is 5.52. The number of aliphatic hydroxyl groups excluding tert-OH is 3. The van der Waals surface area contributed by atoms with Crippen molar-refractivity contribution in [2.45, 2.75) is 58.2 Å². The van der Waals surface area contributed by atoms with E-state index in [-0.39, 0.29) is 17.9 Å². The molecule has 1 amide bonds. The Morgan fingerprint density at radius 1 is 1.28 bits per heavy atom. The minimum absolute atomic E-state index is 0.299. The Balaban J connectivity index is 2.98. The second-order valence-corrected chi connectivity index (χ2v) is 5.85. The fraction of sp³-hybridized carbons (Fsp3) is 0.917. The summed E-state index contributed by atoms with van der Waals surface area (Å²) in [7, 11) is 0. The highest BCUT2D eigenvalue weighted by atomic mass is 16.5. The van der Waals surface area contributed by atoms with Gasteiger partial charge in [0.1, 0.15) is 18.3 Å². The molecule has 0 aliphatic carbocycles. The Bertz CT molecular complexity index is 301. The van der Waals surface area contributed by atoms with Crippen LogP contribution in [0, 0.1) is 5.41 Å². The first kappa shape index (κ1) is 15.4.